The number of aliphatic carboxylic acids is 1. The first kappa shape index (κ1) is 35.3. The molecule has 0 spiro atoms. The number of ether oxygens (including phenoxy) is 1. The van der Waals surface area contributed by atoms with Crippen LogP contribution in [-0.4, -0.2) is 44.9 Å². The lowest BCUT2D eigenvalue weighted by Gasteiger charge is -2.19. The highest BCUT2D eigenvalue weighted by molar-refractivity contribution is 5.97. The van der Waals surface area contributed by atoms with Gasteiger partial charge in [0.25, 0.3) is 11.8 Å². The maximum absolute atomic E-state index is 15.2. The molecule has 2 amide bonds. The molecule has 5 rings (SSSR count). The monoisotopic (exact) mass is 690 g/mol. The van der Waals surface area contributed by atoms with Crippen LogP contribution in [0.15, 0.2) is 95.5 Å². The zero-order valence-corrected chi connectivity index (χ0v) is 26.8. The summed E-state index contributed by atoms with van der Waals surface area (Å²) in [5.74, 6) is -2.83. The van der Waals surface area contributed by atoms with E-state index in [2.05, 4.69) is 20.8 Å². The van der Waals surface area contributed by atoms with Gasteiger partial charge in [-0.25, -0.2) is 14.0 Å². The number of carbonyl (C=O) groups is 3. The third-order valence-electron chi connectivity index (χ3n) is 7.19. The van der Waals surface area contributed by atoms with Crippen molar-refractivity contribution in [1.82, 2.24) is 15.5 Å². The van der Waals surface area contributed by atoms with Gasteiger partial charge in [-0.05, 0) is 98.1 Å². The summed E-state index contributed by atoms with van der Waals surface area (Å²) in [6, 6.07) is 19.4. The fourth-order valence-electron chi connectivity index (χ4n) is 4.80. The molecule has 0 saturated heterocycles. The summed E-state index contributed by atoms with van der Waals surface area (Å²) in [7, 11) is 0. The minimum Gasteiger partial charge on any atom is -0.480 e. The minimum atomic E-state index is -4.49. The second-order valence-electron chi connectivity index (χ2n) is 12.2. The van der Waals surface area contributed by atoms with E-state index in [4.69, 9.17) is 9.26 Å². The summed E-state index contributed by atoms with van der Waals surface area (Å²) >= 11 is 0. The van der Waals surface area contributed by atoms with Crippen molar-refractivity contribution >= 4 is 23.7 Å². The quantitative estimate of drug-likeness (QED) is 0.132. The van der Waals surface area contributed by atoms with Gasteiger partial charge in [0, 0.05) is 23.2 Å². The lowest BCUT2D eigenvalue weighted by Crippen LogP contribution is -2.42. The molecular formula is C36H30F4N4O6. The largest absolute Gasteiger partial charge is 0.480 e. The van der Waals surface area contributed by atoms with Gasteiger partial charge < -0.3 is 19.7 Å². The van der Waals surface area contributed by atoms with E-state index in [1.54, 1.807) is 51.1 Å². The number of nitrogens with one attached hydrogen (secondary N) is 2. The molecular weight excluding hydrogens is 660 g/mol. The Morgan fingerprint density at radius 2 is 1.56 bits per heavy atom. The Kier molecular flexibility index (Phi) is 10.0. The molecule has 1 unspecified atom stereocenters. The van der Waals surface area contributed by atoms with Crippen LogP contribution < -0.4 is 10.6 Å². The van der Waals surface area contributed by atoms with Gasteiger partial charge in [-0.2, -0.15) is 18.2 Å². The Bertz CT molecular complexity index is 2020. The van der Waals surface area contributed by atoms with E-state index in [9.17, 15) is 32.7 Å². The summed E-state index contributed by atoms with van der Waals surface area (Å²) < 4.78 is 64.6. The van der Waals surface area contributed by atoms with Crippen molar-refractivity contribution < 1.29 is 46.3 Å². The molecule has 4 aromatic carbocycles. The van der Waals surface area contributed by atoms with Crippen molar-refractivity contribution in [3.05, 3.63) is 114 Å². The third-order valence-corrected chi connectivity index (χ3v) is 7.19. The summed E-state index contributed by atoms with van der Waals surface area (Å²) in [6.45, 7) is 5.23. The van der Waals surface area contributed by atoms with Crippen molar-refractivity contribution in [3.8, 4) is 34.0 Å². The fourth-order valence-corrected chi connectivity index (χ4v) is 4.80. The van der Waals surface area contributed by atoms with E-state index >= 15 is 4.39 Å². The molecule has 50 heavy (non-hydrogen) atoms. The normalized spacial score (nSPS) is 12.2. The van der Waals surface area contributed by atoms with Crippen LogP contribution in [0.5, 0.6) is 0 Å². The Morgan fingerprint density at radius 1 is 0.880 bits per heavy atom. The molecule has 5 aromatic rings. The molecule has 0 fully saturated rings. The van der Waals surface area contributed by atoms with Crippen LogP contribution in [-0.2, 0) is 22.1 Å². The van der Waals surface area contributed by atoms with Gasteiger partial charge in [-0.3, -0.25) is 10.1 Å². The SMILES string of the molecule is CC(C)(C)OC(=O)Nc1ccc(-c2nc(-c3ccc(CC(NC(=O)c4cccc(-c5ccc(C(F)(F)F)cc5)c4)C(=O)O)cc3F)no2)cc1. The number of benzene rings is 4. The Hall–Kier alpha value is -6.05. The van der Waals surface area contributed by atoms with Crippen LogP contribution in [0.4, 0.5) is 28.0 Å². The van der Waals surface area contributed by atoms with E-state index in [-0.39, 0.29) is 34.8 Å². The predicted octanol–water partition coefficient (Wildman–Crippen LogP) is 8.00. The Labute approximate surface area is 283 Å². The average molecular weight is 691 g/mol. The number of hydrogen-bond donors (Lipinski definition) is 3. The van der Waals surface area contributed by atoms with E-state index in [1.165, 1.54) is 42.5 Å². The molecule has 3 N–H and O–H groups in total. The number of hydrogen-bond acceptors (Lipinski definition) is 7. The molecule has 0 aliphatic heterocycles. The van der Waals surface area contributed by atoms with Gasteiger partial charge in [-0.15, -0.1) is 0 Å². The number of carbonyl (C=O) groups excluding carboxylic acids is 2. The molecule has 1 heterocycles. The van der Waals surface area contributed by atoms with Crippen molar-refractivity contribution in [2.75, 3.05) is 5.32 Å². The summed E-state index contributed by atoms with van der Waals surface area (Å²) in [5, 5.41) is 18.7. The number of rotatable bonds is 9. The van der Waals surface area contributed by atoms with Crippen molar-refractivity contribution in [2.24, 2.45) is 0 Å². The molecule has 0 aliphatic rings. The first-order valence-corrected chi connectivity index (χ1v) is 15.1. The molecule has 0 aliphatic carbocycles. The zero-order chi connectivity index (χ0) is 36.2. The van der Waals surface area contributed by atoms with Crippen LogP contribution in [0.25, 0.3) is 34.0 Å². The third kappa shape index (κ3) is 8.89. The van der Waals surface area contributed by atoms with E-state index < -0.39 is 47.2 Å². The number of aromatic nitrogens is 2. The van der Waals surface area contributed by atoms with Gasteiger partial charge in [-0.1, -0.05) is 35.5 Å². The standard InChI is InChI=1S/C36H30F4N4O6/c1-35(2,3)49-34(48)41-26-14-10-22(11-15-26)32-43-30(44-50-32)27-16-7-20(17-28(27)37)18-29(33(46)47)42-31(45)24-6-4-5-23(19-24)21-8-12-25(13-9-21)36(38,39)40/h4-17,19,29H,18H2,1-3H3,(H,41,48)(H,42,45)(H,46,47). The first-order chi connectivity index (χ1) is 23.6. The number of carboxylic acids is 1. The summed E-state index contributed by atoms with van der Waals surface area (Å²) in [4.78, 5) is 41.3. The maximum atomic E-state index is 15.2. The molecule has 1 aromatic heterocycles. The number of amides is 2. The van der Waals surface area contributed by atoms with Crippen molar-refractivity contribution in [2.45, 2.75) is 45.0 Å². The highest BCUT2D eigenvalue weighted by Crippen LogP contribution is 2.31. The van der Waals surface area contributed by atoms with Crippen molar-refractivity contribution in [3.63, 3.8) is 0 Å². The van der Waals surface area contributed by atoms with Crippen LogP contribution in [0.3, 0.4) is 0 Å². The Morgan fingerprint density at radius 3 is 2.18 bits per heavy atom. The van der Waals surface area contributed by atoms with Gasteiger partial charge in [0.1, 0.15) is 17.5 Å². The van der Waals surface area contributed by atoms with Gasteiger partial charge in [0.2, 0.25) is 5.82 Å². The minimum absolute atomic E-state index is 0.0112. The summed E-state index contributed by atoms with van der Waals surface area (Å²) in [6.07, 6.45) is -5.38. The maximum Gasteiger partial charge on any atom is 0.416 e. The molecule has 258 valence electrons. The lowest BCUT2D eigenvalue weighted by molar-refractivity contribution is -0.139. The zero-order valence-electron chi connectivity index (χ0n) is 26.8. The predicted molar refractivity (Wildman–Crippen MR) is 174 cm³/mol. The van der Waals surface area contributed by atoms with Crippen LogP contribution in [0, 0.1) is 5.82 Å². The van der Waals surface area contributed by atoms with Gasteiger partial charge >= 0.3 is 18.2 Å². The van der Waals surface area contributed by atoms with Crippen LogP contribution in [0.2, 0.25) is 0 Å². The van der Waals surface area contributed by atoms with Crippen LogP contribution in [0.1, 0.15) is 42.3 Å². The van der Waals surface area contributed by atoms with Gasteiger partial charge in [0.15, 0.2) is 0 Å². The first-order valence-electron chi connectivity index (χ1n) is 15.1. The fraction of sp³-hybridized carbons (Fsp3) is 0.194. The van der Waals surface area contributed by atoms with Gasteiger partial charge in [0.05, 0.1) is 11.1 Å². The second-order valence-corrected chi connectivity index (χ2v) is 12.2. The number of carboxylic acid groups (broad SMARTS) is 1. The number of anilines is 1. The number of alkyl halides is 3. The lowest BCUT2D eigenvalue weighted by atomic mass is 10.0. The van der Waals surface area contributed by atoms with Crippen LogP contribution >= 0.6 is 0 Å². The molecule has 0 bridgehead atoms. The number of nitrogens with zero attached hydrogens (tertiary/aromatic N) is 2. The van der Waals surface area contributed by atoms with E-state index in [0.717, 1.165) is 18.2 Å². The molecule has 14 heteroatoms. The smallest absolute Gasteiger partial charge is 0.416 e. The molecule has 10 nitrogen and oxygen atoms in total. The molecule has 1 atom stereocenters. The average Bonchev–Trinajstić information content (AvgIpc) is 3.53. The van der Waals surface area contributed by atoms with Crippen molar-refractivity contribution in [1.29, 1.82) is 0 Å². The highest BCUT2D eigenvalue weighted by Gasteiger charge is 2.30. The number of halogens is 4. The highest BCUT2D eigenvalue weighted by atomic mass is 19.4. The topological polar surface area (TPSA) is 144 Å². The molecule has 0 radical (unpaired) electrons. The van der Waals surface area contributed by atoms with E-state index in [0.29, 0.717) is 22.4 Å². The van der Waals surface area contributed by atoms with E-state index in [1.807, 2.05) is 0 Å². The second kappa shape index (κ2) is 14.2. The summed E-state index contributed by atoms with van der Waals surface area (Å²) in [5.41, 5.74) is 0.694. The molecule has 0 saturated carbocycles. The Balaban J connectivity index is 1.24.